The highest BCUT2D eigenvalue weighted by molar-refractivity contribution is 7.86. The molecule has 1 fully saturated rings. The van der Waals surface area contributed by atoms with Gasteiger partial charge in [-0.05, 0) is 31.2 Å². The number of ketones is 2. The lowest BCUT2D eigenvalue weighted by Crippen LogP contribution is -2.44. The monoisotopic (exact) mass is 429 g/mol. The van der Waals surface area contributed by atoms with Crippen LogP contribution in [0, 0.1) is 5.92 Å². The summed E-state index contributed by atoms with van der Waals surface area (Å²) in [5.41, 5.74) is 12.1. The zero-order chi connectivity index (χ0) is 21.8. The van der Waals surface area contributed by atoms with Crippen molar-refractivity contribution in [1.82, 2.24) is 0 Å². The quantitative estimate of drug-likeness (QED) is 0.365. The predicted molar refractivity (Wildman–Crippen MR) is 112 cm³/mol. The summed E-state index contributed by atoms with van der Waals surface area (Å²) in [6, 6.07) is 7.27. The summed E-state index contributed by atoms with van der Waals surface area (Å²) in [5.74, 6) is -0.925. The fraction of sp³-hybridized carbons (Fsp3) is 0.333. The molecule has 0 amide bonds. The lowest BCUT2D eigenvalue weighted by molar-refractivity contribution is 0.0980. The molecule has 0 aliphatic heterocycles. The van der Waals surface area contributed by atoms with Crippen LogP contribution in [0.2, 0.25) is 0 Å². The van der Waals surface area contributed by atoms with E-state index in [1.807, 2.05) is 6.92 Å². The van der Waals surface area contributed by atoms with Crippen LogP contribution >= 0.6 is 0 Å². The molecule has 0 bridgehead atoms. The molecule has 1 saturated carbocycles. The van der Waals surface area contributed by atoms with E-state index in [1.54, 1.807) is 18.2 Å². The third-order valence-corrected chi connectivity index (χ3v) is 7.07. The van der Waals surface area contributed by atoms with Crippen LogP contribution in [0.15, 0.2) is 35.2 Å². The van der Waals surface area contributed by atoms with Gasteiger partial charge in [-0.3, -0.25) is 14.1 Å². The van der Waals surface area contributed by atoms with Crippen molar-refractivity contribution < 1.29 is 22.6 Å². The number of rotatable bonds is 3. The predicted octanol–water partition coefficient (Wildman–Crippen LogP) is 2.22. The second kappa shape index (κ2) is 7.19. The van der Waals surface area contributed by atoms with Crippen LogP contribution in [-0.2, 0) is 10.1 Å². The summed E-state index contributed by atoms with van der Waals surface area (Å²) in [6.07, 6.45) is 2.52. The molecule has 6 N–H and O–H groups in total. The maximum atomic E-state index is 13.3. The largest absolute Gasteiger partial charge is 0.397 e. The number of fused-ring (bicyclic) bond motifs is 2. The minimum absolute atomic E-state index is 0.0231. The van der Waals surface area contributed by atoms with Gasteiger partial charge in [0.25, 0.3) is 10.1 Å². The van der Waals surface area contributed by atoms with Gasteiger partial charge in [0, 0.05) is 28.9 Å². The summed E-state index contributed by atoms with van der Waals surface area (Å²) >= 11 is 0. The molecule has 2 aliphatic carbocycles. The van der Waals surface area contributed by atoms with Crippen molar-refractivity contribution in [2.24, 2.45) is 11.7 Å². The highest BCUT2D eigenvalue weighted by Gasteiger charge is 2.37. The zero-order valence-electron chi connectivity index (χ0n) is 16.4. The Morgan fingerprint density at radius 2 is 1.67 bits per heavy atom. The topological polar surface area (TPSA) is 153 Å². The van der Waals surface area contributed by atoms with E-state index >= 15 is 0 Å². The Hall–Kier alpha value is -2.75. The first-order chi connectivity index (χ1) is 14.1. The Bertz CT molecular complexity index is 1180. The molecule has 2 aromatic rings. The van der Waals surface area contributed by atoms with Crippen molar-refractivity contribution in [3.05, 3.63) is 52.6 Å². The number of anilines is 2. The minimum atomic E-state index is -4.73. The van der Waals surface area contributed by atoms with Gasteiger partial charge in [-0.1, -0.05) is 31.2 Å². The van der Waals surface area contributed by atoms with Gasteiger partial charge in [0.2, 0.25) is 0 Å². The van der Waals surface area contributed by atoms with Crippen molar-refractivity contribution in [2.75, 3.05) is 11.1 Å². The third kappa shape index (κ3) is 3.19. The van der Waals surface area contributed by atoms with E-state index in [2.05, 4.69) is 5.32 Å². The number of carbonyl (C=O) groups excluding carboxylic acids is 2. The first-order valence-electron chi connectivity index (χ1n) is 9.75. The zero-order valence-corrected chi connectivity index (χ0v) is 17.2. The van der Waals surface area contributed by atoms with E-state index in [1.165, 1.54) is 6.07 Å². The van der Waals surface area contributed by atoms with Crippen molar-refractivity contribution in [3.8, 4) is 0 Å². The number of hydrogen-bond donors (Lipinski definition) is 4. The van der Waals surface area contributed by atoms with Gasteiger partial charge in [0.05, 0.1) is 16.8 Å². The number of hydrogen-bond acceptors (Lipinski definition) is 7. The van der Waals surface area contributed by atoms with Gasteiger partial charge in [-0.15, -0.1) is 0 Å². The van der Waals surface area contributed by atoms with Crippen LogP contribution < -0.4 is 16.8 Å². The fourth-order valence-corrected chi connectivity index (χ4v) is 5.07. The molecule has 0 heterocycles. The average Bonchev–Trinajstić information content (AvgIpc) is 2.69. The minimum Gasteiger partial charge on any atom is -0.397 e. The Morgan fingerprint density at radius 3 is 2.27 bits per heavy atom. The second-order valence-corrected chi connectivity index (χ2v) is 9.36. The SMILES string of the molecule is CC1C(N)CCCC1Nc1cc(S(=O)(=O)O)c(N)c2c1C(=O)c1ccccc1C2=O. The van der Waals surface area contributed by atoms with Gasteiger partial charge in [0.15, 0.2) is 11.6 Å². The van der Waals surface area contributed by atoms with E-state index in [4.69, 9.17) is 11.5 Å². The van der Waals surface area contributed by atoms with E-state index in [9.17, 15) is 22.6 Å². The first-order valence-corrected chi connectivity index (χ1v) is 11.2. The Morgan fingerprint density at radius 1 is 1.07 bits per heavy atom. The van der Waals surface area contributed by atoms with E-state index in [0.29, 0.717) is 0 Å². The standard InChI is InChI=1S/C21H23N3O5S/c1-10-13(22)7-4-8-14(10)24-15-9-16(30(27,28)29)19(23)18-17(15)20(25)11-5-2-3-6-12(11)21(18)26/h2-3,5-6,9-10,13-14,24H,4,7-8,22-23H2,1H3,(H,27,28,29). The van der Waals surface area contributed by atoms with Crippen LogP contribution in [-0.4, -0.2) is 36.6 Å². The van der Waals surface area contributed by atoms with Gasteiger partial charge in [-0.25, -0.2) is 0 Å². The third-order valence-electron chi connectivity index (χ3n) is 6.18. The van der Waals surface area contributed by atoms with E-state index in [-0.39, 0.29) is 45.9 Å². The second-order valence-electron chi connectivity index (χ2n) is 7.97. The first kappa shape index (κ1) is 20.5. The molecule has 9 heteroatoms. The van der Waals surface area contributed by atoms with Crippen LogP contribution in [0.4, 0.5) is 11.4 Å². The molecular formula is C21H23N3O5S. The molecule has 8 nitrogen and oxygen atoms in total. The Kier molecular flexibility index (Phi) is 4.92. The van der Waals surface area contributed by atoms with Crippen LogP contribution in [0.3, 0.4) is 0 Å². The molecule has 3 atom stereocenters. The van der Waals surface area contributed by atoms with Crippen LogP contribution in [0.25, 0.3) is 0 Å². The molecule has 3 unspecified atom stereocenters. The molecule has 2 aliphatic rings. The molecule has 0 spiro atoms. The number of carbonyl (C=O) groups is 2. The van der Waals surface area contributed by atoms with Gasteiger partial charge < -0.3 is 16.8 Å². The van der Waals surface area contributed by atoms with Crippen molar-refractivity contribution in [2.45, 2.75) is 43.2 Å². The summed E-state index contributed by atoms with van der Waals surface area (Å²) in [4.78, 5) is 25.8. The maximum absolute atomic E-state index is 13.3. The van der Waals surface area contributed by atoms with Crippen molar-refractivity contribution in [3.63, 3.8) is 0 Å². The molecule has 2 aromatic carbocycles. The van der Waals surface area contributed by atoms with Gasteiger partial charge >= 0.3 is 0 Å². The summed E-state index contributed by atoms with van der Waals surface area (Å²) < 4.78 is 33.6. The maximum Gasteiger partial charge on any atom is 0.296 e. The Balaban J connectivity index is 1.94. The molecule has 4 rings (SSSR count). The molecular weight excluding hydrogens is 406 g/mol. The smallest absolute Gasteiger partial charge is 0.296 e. The summed E-state index contributed by atoms with van der Waals surface area (Å²) in [6.45, 7) is 1.98. The highest BCUT2D eigenvalue weighted by atomic mass is 32.2. The number of benzene rings is 2. The van der Waals surface area contributed by atoms with Crippen LogP contribution in [0.5, 0.6) is 0 Å². The van der Waals surface area contributed by atoms with Crippen LogP contribution in [0.1, 0.15) is 58.0 Å². The number of nitrogens with two attached hydrogens (primary N) is 2. The Labute approximate surface area is 174 Å². The van der Waals surface area contributed by atoms with E-state index in [0.717, 1.165) is 25.3 Å². The highest BCUT2D eigenvalue weighted by Crippen LogP contribution is 2.40. The fourth-order valence-electron chi connectivity index (χ4n) is 4.42. The number of nitrogens with one attached hydrogen (secondary N) is 1. The molecule has 158 valence electrons. The van der Waals surface area contributed by atoms with Crippen molar-refractivity contribution >= 4 is 33.1 Å². The lowest BCUT2D eigenvalue weighted by atomic mass is 9.80. The lowest BCUT2D eigenvalue weighted by Gasteiger charge is -2.36. The van der Waals surface area contributed by atoms with Crippen molar-refractivity contribution in [1.29, 1.82) is 0 Å². The van der Waals surface area contributed by atoms with E-state index < -0.39 is 32.3 Å². The molecule has 0 radical (unpaired) electrons. The normalized spacial score (nSPS) is 23.6. The van der Waals surface area contributed by atoms with Gasteiger partial charge in [-0.2, -0.15) is 8.42 Å². The number of nitrogen functional groups attached to an aromatic ring is 1. The summed E-state index contributed by atoms with van der Waals surface area (Å²) in [7, 11) is -4.73. The van der Waals surface area contributed by atoms with Gasteiger partial charge in [0.1, 0.15) is 4.90 Å². The average molecular weight is 429 g/mol. The summed E-state index contributed by atoms with van der Waals surface area (Å²) in [5, 5.41) is 3.23. The molecule has 0 saturated heterocycles. The molecule has 0 aromatic heterocycles. The molecule has 30 heavy (non-hydrogen) atoms.